The van der Waals surface area contributed by atoms with Gasteiger partial charge in [-0.25, -0.2) is 0 Å². The molecule has 0 atom stereocenters. The fourth-order valence-electron chi connectivity index (χ4n) is 2.43. The molecule has 0 saturated carbocycles. The Hall–Kier alpha value is -2.30. The first kappa shape index (κ1) is 16.1. The fourth-order valence-corrected chi connectivity index (χ4v) is 2.43. The number of phenols is 1. The number of hydrogen-bond donors (Lipinski definition) is 1. The Morgan fingerprint density at radius 1 is 1.32 bits per heavy atom. The number of carbonyl (C=O) groups excluding carboxylic acids is 1. The SMILES string of the molecule is CCOC(=O)CCCCc1c(C)oc2cc(O)ccc2c1=O. The molecule has 0 aliphatic rings. The standard InChI is InChI=1S/C17H20O5/c1-3-21-16(19)7-5-4-6-13-11(2)22-15-10-12(18)8-9-14(15)17(13)20/h8-10,18H,3-7H2,1-2H3. The molecular formula is C17H20O5. The lowest BCUT2D eigenvalue weighted by Gasteiger charge is -2.07. The molecule has 118 valence electrons. The van der Waals surface area contributed by atoms with Crippen LogP contribution in [0.3, 0.4) is 0 Å². The third-order valence-corrected chi connectivity index (χ3v) is 3.53. The van der Waals surface area contributed by atoms with Gasteiger partial charge in [-0.1, -0.05) is 0 Å². The highest BCUT2D eigenvalue weighted by atomic mass is 16.5. The summed E-state index contributed by atoms with van der Waals surface area (Å²) in [6, 6.07) is 4.48. The second kappa shape index (κ2) is 7.11. The van der Waals surface area contributed by atoms with Crippen molar-refractivity contribution in [1.29, 1.82) is 0 Å². The Morgan fingerprint density at radius 2 is 2.09 bits per heavy atom. The number of benzene rings is 1. The van der Waals surface area contributed by atoms with Crippen molar-refractivity contribution in [2.24, 2.45) is 0 Å². The number of aryl methyl sites for hydroxylation is 1. The van der Waals surface area contributed by atoms with Crippen LogP contribution in [-0.2, 0) is 16.0 Å². The van der Waals surface area contributed by atoms with E-state index in [-0.39, 0.29) is 17.1 Å². The van der Waals surface area contributed by atoms with Crippen LogP contribution in [0.25, 0.3) is 11.0 Å². The summed E-state index contributed by atoms with van der Waals surface area (Å²) >= 11 is 0. The molecule has 0 saturated heterocycles. The average Bonchev–Trinajstić information content (AvgIpc) is 2.46. The molecule has 1 heterocycles. The van der Waals surface area contributed by atoms with E-state index in [0.29, 0.717) is 54.6 Å². The van der Waals surface area contributed by atoms with Crippen molar-refractivity contribution >= 4 is 16.9 Å². The largest absolute Gasteiger partial charge is 0.508 e. The third kappa shape index (κ3) is 3.67. The molecule has 2 aromatic rings. The van der Waals surface area contributed by atoms with E-state index in [1.165, 1.54) is 12.1 Å². The van der Waals surface area contributed by atoms with Crippen molar-refractivity contribution in [3.63, 3.8) is 0 Å². The maximum atomic E-state index is 12.5. The normalized spacial score (nSPS) is 10.8. The van der Waals surface area contributed by atoms with Gasteiger partial charge >= 0.3 is 5.97 Å². The summed E-state index contributed by atoms with van der Waals surface area (Å²) in [6.45, 7) is 3.91. The molecule has 0 spiro atoms. The van der Waals surface area contributed by atoms with Crippen LogP contribution in [0.2, 0.25) is 0 Å². The van der Waals surface area contributed by atoms with E-state index in [0.717, 1.165) is 0 Å². The van der Waals surface area contributed by atoms with Gasteiger partial charge in [0.15, 0.2) is 5.43 Å². The Labute approximate surface area is 128 Å². The Kier molecular flexibility index (Phi) is 5.20. The van der Waals surface area contributed by atoms with E-state index in [1.54, 1.807) is 19.9 Å². The zero-order chi connectivity index (χ0) is 16.1. The van der Waals surface area contributed by atoms with E-state index in [2.05, 4.69) is 0 Å². The monoisotopic (exact) mass is 304 g/mol. The van der Waals surface area contributed by atoms with E-state index >= 15 is 0 Å². The van der Waals surface area contributed by atoms with Gasteiger partial charge < -0.3 is 14.3 Å². The fraction of sp³-hybridized carbons (Fsp3) is 0.412. The lowest BCUT2D eigenvalue weighted by atomic mass is 10.0. The van der Waals surface area contributed by atoms with Gasteiger partial charge in [0.1, 0.15) is 17.1 Å². The number of ether oxygens (including phenoxy) is 1. The molecule has 1 aromatic carbocycles. The predicted molar refractivity (Wildman–Crippen MR) is 83.1 cm³/mol. The zero-order valence-corrected chi connectivity index (χ0v) is 12.8. The molecule has 0 amide bonds. The van der Waals surface area contributed by atoms with Crippen molar-refractivity contribution in [2.75, 3.05) is 6.61 Å². The molecule has 1 aromatic heterocycles. The first-order valence-corrected chi connectivity index (χ1v) is 7.44. The molecule has 0 bridgehead atoms. The summed E-state index contributed by atoms with van der Waals surface area (Å²) < 4.78 is 10.5. The molecular weight excluding hydrogens is 284 g/mol. The van der Waals surface area contributed by atoms with Crippen LogP contribution in [0, 0.1) is 6.92 Å². The second-order valence-electron chi connectivity index (χ2n) is 5.16. The molecule has 0 fully saturated rings. The van der Waals surface area contributed by atoms with Crippen LogP contribution in [0.15, 0.2) is 27.4 Å². The van der Waals surface area contributed by atoms with Crippen LogP contribution >= 0.6 is 0 Å². The number of hydrogen-bond acceptors (Lipinski definition) is 5. The van der Waals surface area contributed by atoms with Gasteiger partial charge in [0.25, 0.3) is 0 Å². The number of aromatic hydroxyl groups is 1. The molecule has 1 N–H and O–H groups in total. The summed E-state index contributed by atoms with van der Waals surface area (Å²) in [5.74, 6) is 0.414. The maximum Gasteiger partial charge on any atom is 0.305 e. The van der Waals surface area contributed by atoms with Gasteiger partial charge in [-0.05, 0) is 45.2 Å². The van der Waals surface area contributed by atoms with Crippen molar-refractivity contribution in [3.8, 4) is 5.75 Å². The van der Waals surface area contributed by atoms with Gasteiger partial charge in [0, 0.05) is 18.1 Å². The van der Waals surface area contributed by atoms with Crippen LogP contribution in [-0.4, -0.2) is 17.7 Å². The molecule has 0 radical (unpaired) electrons. The van der Waals surface area contributed by atoms with E-state index in [1.807, 2.05) is 0 Å². The molecule has 0 unspecified atom stereocenters. The first-order valence-electron chi connectivity index (χ1n) is 7.44. The second-order valence-corrected chi connectivity index (χ2v) is 5.16. The molecule has 0 aliphatic carbocycles. The van der Waals surface area contributed by atoms with Crippen molar-refractivity contribution in [3.05, 3.63) is 39.7 Å². The smallest absolute Gasteiger partial charge is 0.305 e. The Bertz CT molecular complexity index is 730. The topological polar surface area (TPSA) is 76.7 Å². The lowest BCUT2D eigenvalue weighted by molar-refractivity contribution is -0.143. The molecule has 2 rings (SSSR count). The lowest BCUT2D eigenvalue weighted by Crippen LogP contribution is -2.12. The van der Waals surface area contributed by atoms with Crippen LogP contribution in [0.4, 0.5) is 0 Å². The van der Waals surface area contributed by atoms with Crippen LogP contribution < -0.4 is 5.43 Å². The summed E-state index contributed by atoms with van der Waals surface area (Å²) in [5, 5.41) is 9.91. The number of rotatable bonds is 6. The summed E-state index contributed by atoms with van der Waals surface area (Å²) in [7, 11) is 0. The minimum Gasteiger partial charge on any atom is -0.508 e. The quantitative estimate of drug-likeness (QED) is 0.655. The van der Waals surface area contributed by atoms with Gasteiger partial charge in [-0.3, -0.25) is 9.59 Å². The third-order valence-electron chi connectivity index (χ3n) is 3.53. The minimum atomic E-state index is -0.208. The first-order chi connectivity index (χ1) is 10.5. The van der Waals surface area contributed by atoms with Gasteiger partial charge in [-0.15, -0.1) is 0 Å². The average molecular weight is 304 g/mol. The summed E-state index contributed by atoms with van der Waals surface area (Å²) in [6.07, 6.45) is 2.31. The Balaban J connectivity index is 2.10. The number of carbonyl (C=O) groups is 1. The number of phenolic OH excluding ortho intramolecular Hbond substituents is 1. The molecule has 22 heavy (non-hydrogen) atoms. The Morgan fingerprint density at radius 3 is 2.82 bits per heavy atom. The van der Waals surface area contributed by atoms with E-state index in [4.69, 9.17) is 9.15 Å². The molecule has 5 nitrogen and oxygen atoms in total. The zero-order valence-electron chi connectivity index (χ0n) is 12.8. The molecule has 0 aliphatic heterocycles. The van der Waals surface area contributed by atoms with E-state index < -0.39 is 0 Å². The van der Waals surface area contributed by atoms with Crippen molar-refractivity contribution in [1.82, 2.24) is 0 Å². The highest BCUT2D eigenvalue weighted by Crippen LogP contribution is 2.21. The van der Waals surface area contributed by atoms with Gasteiger partial charge in [0.05, 0.1) is 12.0 Å². The van der Waals surface area contributed by atoms with Gasteiger partial charge in [-0.2, -0.15) is 0 Å². The van der Waals surface area contributed by atoms with Crippen LogP contribution in [0.1, 0.15) is 37.5 Å². The summed E-state index contributed by atoms with van der Waals surface area (Å²) in [4.78, 5) is 23.7. The van der Waals surface area contributed by atoms with Crippen molar-refractivity contribution in [2.45, 2.75) is 39.5 Å². The van der Waals surface area contributed by atoms with Crippen LogP contribution in [0.5, 0.6) is 5.75 Å². The number of unbranched alkanes of at least 4 members (excludes halogenated alkanes) is 1. The highest BCUT2D eigenvalue weighted by molar-refractivity contribution is 5.78. The predicted octanol–water partition coefficient (Wildman–Crippen LogP) is 3.08. The van der Waals surface area contributed by atoms with Crippen molar-refractivity contribution < 1.29 is 19.1 Å². The number of fused-ring (bicyclic) bond motifs is 1. The molecule has 5 heteroatoms. The van der Waals surface area contributed by atoms with E-state index in [9.17, 15) is 14.7 Å². The highest BCUT2D eigenvalue weighted by Gasteiger charge is 2.12. The van der Waals surface area contributed by atoms with Gasteiger partial charge in [0.2, 0.25) is 0 Å². The summed E-state index contributed by atoms with van der Waals surface area (Å²) in [5.41, 5.74) is 0.940. The minimum absolute atomic E-state index is 0.0669. The number of esters is 1. The maximum absolute atomic E-state index is 12.5.